The van der Waals surface area contributed by atoms with Crippen molar-refractivity contribution in [2.24, 2.45) is 10.7 Å². The lowest BCUT2D eigenvalue weighted by Crippen LogP contribution is -2.14. The maximum atomic E-state index is 12.3. The van der Waals surface area contributed by atoms with Crippen LogP contribution in [0.5, 0.6) is 11.5 Å². The maximum absolute atomic E-state index is 12.3. The zero-order valence-corrected chi connectivity index (χ0v) is 10.5. The molecule has 0 saturated heterocycles. The average molecular weight is 286 g/mol. The number of carbonyl (C=O) groups is 1. The molecule has 1 aromatic rings. The smallest absolute Gasteiger partial charge is 0.387 e. The third-order valence-corrected chi connectivity index (χ3v) is 2.47. The molecule has 108 valence electrons. The minimum Gasteiger partial charge on any atom is -0.490 e. The molecule has 1 aromatic carbocycles. The van der Waals surface area contributed by atoms with Gasteiger partial charge in [-0.1, -0.05) is 6.07 Å². The van der Waals surface area contributed by atoms with Crippen LogP contribution < -0.4 is 15.2 Å². The molecule has 0 saturated carbocycles. The number of hydrogen-bond donors (Lipinski definition) is 1. The van der Waals surface area contributed by atoms with Gasteiger partial charge in [0.2, 0.25) is 6.10 Å². The molecule has 0 radical (unpaired) electrons. The van der Waals surface area contributed by atoms with Gasteiger partial charge in [0.1, 0.15) is 0 Å². The van der Waals surface area contributed by atoms with Gasteiger partial charge in [0.05, 0.1) is 6.61 Å². The van der Waals surface area contributed by atoms with Gasteiger partial charge < -0.3 is 19.9 Å². The molecule has 20 heavy (non-hydrogen) atoms. The number of ether oxygens (including phenoxy) is 3. The van der Waals surface area contributed by atoms with Gasteiger partial charge in [-0.25, -0.2) is 0 Å². The molecule has 0 aliphatic carbocycles. The number of nitrogens with zero attached hydrogens (tertiary/aromatic N) is 1. The van der Waals surface area contributed by atoms with Crippen LogP contribution in [-0.4, -0.2) is 25.1 Å². The number of hydrogen-bond acceptors (Lipinski definition) is 5. The van der Waals surface area contributed by atoms with E-state index in [2.05, 4.69) is 9.73 Å². The molecule has 0 fully saturated rings. The molecule has 1 heterocycles. The molecule has 6 nitrogen and oxygen atoms in total. The fourth-order valence-electron chi connectivity index (χ4n) is 1.72. The minimum atomic E-state index is -2.97. The molecule has 1 unspecified atom stereocenters. The van der Waals surface area contributed by atoms with Crippen LogP contribution in [0.3, 0.4) is 0 Å². The van der Waals surface area contributed by atoms with Crippen molar-refractivity contribution in [1.82, 2.24) is 0 Å². The molecule has 2 rings (SSSR count). The number of carbonyl (C=O) groups excluding carboxylic acids is 1. The molecule has 0 spiro atoms. The van der Waals surface area contributed by atoms with Gasteiger partial charge in [-0.3, -0.25) is 4.79 Å². The summed E-state index contributed by atoms with van der Waals surface area (Å²) in [6.07, 6.45) is -0.991. The van der Waals surface area contributed by atoms with Crippen molar-refractivity contribution in [1.29, 1.82) is 0 Å². The van der Waals surface area contributed by atoms with Crippen molar-refractivity contribution in [2.75, 3.05) is 6.61 Å². The van der Waals surface area contributed by atoms with Gasteiger partial charge in [0.15, 0.2) is 11.5 Å². The van der Waals surface area contributed by atoms with Crippen molar-refractivity contribution >= 4 is 11.9 Å². The summed E-state index contributed by atoms with van der Waals surface area (Å²) < 4.78 is 39.1. The molecule has 1 amide bonds. The Kier molecular flexibility index (Phi) is 4.02. The van der Waals surface area contributed by atoms with E-state index in [-0.39, 0.29) is 24.1 Å². The Hall–Kier alpha value is -2.38. The number of halogens is 2. The first-order valence-electron chi connectivity index (χ1n) is 5.77. The Morgan fingerprint density at radius 2 is 2.20 bits per heavy atom. The van der Waals surface area contributed by atoms with Gasteiger partial charge in [-0.05, 0) is 19.1 Å². The van der Waals surface area contributed by atoms with Crippen molar-refractivity contribution in [3.63, 3.8) is 0 Å². The highest BCUT2D eigenvalue weighted by Crippen LogP contribution is 2.34. The number of rotatable bonds is 5. The molecular weight excluding hydrogens is 274 g/mol. The zero-order chi connectivity index (χ0) is 14.7. The molecule has 2 N–H and O–H groups in total. The normalized spacial score (nSPS) is 17.9. The molecule has 1 atom stereocenters. The first-order valence-corrected chi connectivity index (χ1v) is 5.77. The first kappa shape index (κ1) is 14.0. The fourth-order valence-corrected chi connectivity index (χ4v) is 1.72. The summed E-state index contributed by atoms with van der Waals surface area (Å²) >= 11 is 0. The highest BCUT2D eigenvalue weighted by molar-refractivity contribution is 5.98. The highest BCUT2D eigenvalue weighted by atomic mass is 19.3. The van der Waals surface area contributed by atoms with Gasteiger partial charge in [0.25, 0.3) is 11.9 Å². The summed E-state index contributed by atoms with van der Waals surface area (Å²) in [5.41, 5.74) is 5.69. The predicted octanol–water partition coefficient (Wildman–Crippen LogP) is 1.60. The standard InChI is InChI=1S/C12H12F2N2O4/c1-2-18-8-5-6(3-4-7(8)19-11(13)14)9-10(17)16-12(15)20-9/h3-5,9,11H,2H2,1H3,(H2,15,16,17). The Labute approximate surface area is 113 Å². The first-order chi connectivity index (χ1) is 9.51. The Morgan fingerprint density at radius 3 is 2.75 bits per heavy atom. The monoisotopic (exact) mass is 286 g/mol. The van der Waals surface area contributed by atoms with E-state index in [1.54, 1.807) is 6.92 Å². The maximum Gasteiger partial charge on any atom is 0.387 e. The van der Waals surface area contributed by atoms with E-state index in [0.29, 0.717) is 5.56 Å². The Morgan fingerprint density at radius 1 is 1.45 bits per heavy atom. The quantitative estimate of drug-likeness (QED) is 0.888. The van der Waals surface area contributed by atoms with Crippen molar-refractivity contribution < 1.29 is 27.8 Å². The van der Waals surface area contributed by atoms with E-state index >= 15 is 0 Å². The molecule has 0 bridgehead atoms. The number of amidine groups is 1. The SMILES string of the molecule is CCOc1cc(C2OC(N)=NC2=O)ccc1OC(F)F. The lowest BCUT2D eigenvalue weighted by Gasteiger charge is -2.14. The van der Waals surface area contributed by atoms with Crippen molar-refractivity contribution in [3.8, 4) is 11.5 Å². The number of nitrogens with two attached hydrogens (primary N) is 1. The Balaban J connectivity index is 2.28. The lowest BCUT2D eigenvalue weighted by atomic mass is 10.1. The van der Waals surface area contributed by atoms with Crippen molar-refractivity contribution in [3.05, 3.63) is 23.8 Å². The summed E-state index contributed by atoms with van der Waals surface area (Å²) in [6, 6.07) is 3.85. The number of alkyl halides is 2. The summed E-state index contributed by atoms with van der Waals surface area (Å²) in [7, 11) is 0. The third-order valence-electron chi connectivity index (χ3n) is 2.47. The van der Waals surface area contributed by atoms with Crippen LogP contribution in [0.2, 0.25) is 0 Å². The molecule has 1 aliphatic heterocycles. The second kappa shape index (κ2) is 5.72. The number of aliphatic imine (C=N–C) groups is 1. The zero-order valence-electron chi connectivity index (χ0n) is 10.5. The Bertz CT molecular complexity index is 548. The second-order valence-corrected chi connectivity index (χ2v) is 3.80. The van der Waals surface area contributed by atoms with E-state index in [1.165, 1.54) is 18.2 Å². The van der Waals surface area contributed by atoms with E-state index < -0.39 is 18.6 Å². The van der Waals surface area contributed by atoms with Crippen LogP contribution in [0.4, 0.5) is 8.78 Å². The number of amides is 1. The highest BCUT2D eigenvalue weighted by Gasteiger charge is 2.30. The van der Waals surface area contributed by atoms with Crippen LogP contribution in [0, 0.1) is 0 Å². The molecule has 0 aromatic heterocycles. The number of benzene rings is 1. The summed E-state index contributed by atoms with van der Waals surface area (Å²) in [5.74, 6) is -0.593. The van der Waals surface area contributed by atoms with E-state index in [4.69, 9.17) is 15.2 Å². The van der Waals surface area contributed by atoms with Gasteiger partial charge in [-0.2, -0.15) is 13.8 Å². The average Bonchev–Trinajstić information content (AvgIpc) is 2.70. The van der Waals surface area contributed by atoms with Crippen LogP contribution in [-0.2, 0) is 9.53 Å². The molecule has 8 heteroatoms. The topological polar surface area (TPSA) is 83.1 Å². The van der Waals surface area contributed by atoms with Crippen LogP contribution in [0.1, 0.15) is 18.6 Å². The molecule has 1 aliphatic rings. The predicted molar refractivity (Wildman–Crippen MR) is 64.7 cm³/mol. The third kappa shape index (κ3) is 2.95. The molecular formula is C12H12F2N2O4. The second-order valence-electron chi connectivity index (χ2n) is 3.80. The minimum absolute atomic E-state index is 0.0900. The van der Waals surface area contributed by atoms with Crippen LogP contribution in [0.25, 0.3) is 0 Å². The van der Waals surface area contributed by atoms with E-state index in [1.807, 2.05) is 0 Å². The van der Waals surface area contributed by atoms with Gasteiger partial charge in [0, 0.05) is 5.56 Å². The van der Waals surface area contributed by atoms with Gasteiger partial charge >= 0.3 is 6.61 Å². The lowest BCUT2D eigenvalue weighted by molar-refractivity contribution is -0.122. The van der Waals surface area contributed by atoms with Crippen LogP contribution >= 0.6 is 0 Å². The van der Waals surface area contributed by atoms with E-state index in [9.17, 15) is 13.6 Å². The van der Waals surface area contributed by atoms with Gasteiger partial charge in [-0.15, -0.1) is 0 Å². The van der Waals surface area contributed by atoms with E-state index in [0.717, 1.165) is 0 Å². The fraction of sp³-hybridized carbons (Fsp3) is 0.333. The van der Waals surface area contributed by atoms with Crippen LogP contribution in [0.15, 0.2) is 23.2 Å². The largest absolute Gasteiger partial charge is 0.490 e. The summed E-state index contributed by atoms with van der Waals surface area (Å²) in [5, 5.41) is 0. The summed E-state index contributed by atoms with van der Waals surface area (Å²) in [6.45, 7) is -1.03. The summed E-state index contributed by atoms with van der Waals surface area (Å²) in [4.78, 5) is 15.0. The van der Waals surface area contributed by atoms with Crippen molar-refractivity contribution in [2.45, 2.75) is 19.6 Å².